The Morgan fingerprint density at radius 2 is 1.73 bits per heavy atom. The van der Waals surface area contributed by atoms with Gasteiger partial charge >= 0.3 is 0 Å². The van der Waals surface area contributed by atoms with Crippen LogP contribution in [0.15, 0.2) is 66.7 Å². The summed E-state index contributed by atoms with van der Waals surface area (Å²) in [6.45, 7) is 8.92. The normalized spacial score (nSPS) is 15.4. The Bertz CT molecular complexity index is 1030. The smallest absolute Gasteiger partial charge is 0.122 e. The summed E-state index contributed by atoms with van der Waals surface area (Å²) in [6, 6.07) is 23.9. The molecule has 3 aromatic rings. The van der Waals surface area contributed by atoms with Crippen molar-refractivity contribution in [2.45, 2.75) is 39.3 Å². The second-order valence-electron chi connectivity index (χ2n) is 9.04. The molecule has 0 aromatic heterocycles. The fraction of sp³-hybridized carbons (Fsp3) is 0.379. The van der Waals surface area contributed by atoms with Gasteiger partial charge in [-0.05, 0) is 51.9 Å². The maximum Gasteiger partial charge on any atom is 0.122 e. The first-order valence-corrected chi connectivity index (χ1v) is 11.9. The number of methoxy groups -OCH3 is 1. The first-order valence-electron chi connectivity index (χ1n) is 11.9. The van der Waals surface area contributed by atoms with Crippen molar-refractivity contribution in [2.24, 2.45) is 0 Å². The average molecular weight is 446 g/mol. The summed E-state index contributed by atoms with van der Waals surface area (Å²) in [5.41, 5.74) is 6.49. The molecule has 1 aliphatic heterocycles. The molecule has 0 saturated heterocycles. The summed E-state index contributed by atoms with van der Waals surface area (Å²) in [5.74, 6) is 2.34. The van der Waals surface area contributed by atoms with Gasteiger partial charge in [0.1, 0.15) is 18.1 Å². The van der Waals surface area contributed by atoms with E-state index in [1.54, 1.807) is 7.11 Å². The molecular formula is C29H35NO3. The summed E-state index contributed by atoms with van der Waals surface area (Å²) < 4.78 is 17.4. The number of hydrogen-bond acceptors (Lipinski definition) is 4. The minimum Gasteiger partial charge on any atom is -0.497 e. The molecule has 4 nitrogen and oxygen atoms in total. The van der Waals surface area contributed by atoms with Gasteiger partial charge in [-0.25, -0.2) is 0 Å². The summed E-state index contributed by atoms with van der Waals surface area (Å²) in [4.78, 5) is 2.44. The van der Waals surface area contributed by atoms with Gasteiger partial charge in [0.2, 0.25) is 0 Å². The Morgan fingerprint density at radius 1 is 0.909 bits per heavy atom. The number of rotatable bonds is 4. The van der Waals surface area contributed by atoms with Crippen molar-refractivity contribution in [1.29, 1.82) is 0 Å². The zero-order valence-electron chi connectivity index (χ0n) is 20.0. The van der Waals surface area contributed by atoms with Crippen molar-refractivity contribution in [3.8, 4) is 11.5 Å². The maximum absolute atomic E-state index is 6.13. The molecule has 0 aliphatic carbocycles. The molecule has 3 aromatic carbocycles. The second-order valence-corrected chi connectivity index (χ2v) is 9.04. The Kier molecular flexibility index (Phi) is 8.03. The van der Waals surface area contributed by atoms with Gasteiger partial charge in [-0.15, -0.1) is 0 Å². The van der Waals surface area contributed by atoms with Gasteiger partial charge in [0.05, 0.1) is 20.3 Å². The van der Waals surface area contributed by atoms with Gasteiger partial charge in [-0.3, -0.25) is 4.90 Å². The van der Waals surface area contributed by atoms with Crippen molar-refractivity contribution in [3.05, 3.63) is 94.5 Å². The molecule has 2 bridgehead atoms. The molecule has 33 heavy (non-hydrogen) atoms. The first-order chi connectivity index (χ1) is 16.1. The van der Waals surface area contributed by atoms with Gasteiger partial charge < -0.3 is 14.2 Å². The van der Waals surface area contributed by atoms with Crippen molar-refractivity contribution >= 4 is 0 Å². The zero-order valence-corrected chi connectivity index (χ0v) is 20.0. The van der Waals surface area contributed by atoms with Crippen LogP contribution in [0.4, 0.5) is 0 Å². The predicted octanol–water partition coefficient (Wildman–Crippen LogP) is 5.82. The summed E-state index contributed by atoms with van der Waals surface area (Å²) >= 11 is 0. The molecule has 0 amide bonds. The molecule has 0 fully saturated rings. The van der Waals surface area contributed by atoms with Crippen LogP contribution in [0.2, 0.25) is 0 Å². The highest BCUT2D eigenvalue weighted by atomic mass is 16.5. The third-order valence-corrected chi connectivity index (χ3v) is 6.15. The van der Waals surface area contributed by atoms with E-state index >= 15 is 0 Å². The molecule has 4 rings (SSSR count). The molecule has 174 valence electrons. The zero-order chi connectivity index (χ0) is 23.0. The van der Waals surface area contributed by atoms with E-state index in [0.717, 1.165) is 37.6 Å². The lowest BCUT2D eigenvalue weighted by Gasteiger charge is -2.24. The lowest BCUT2D eigenvalue weighted by Crippen LogP contribution is -2.27. The van der Waals surface area contributed by atoms with Crippen LogP contribution in [0.5, 0.6) is 11.5 Å². The van der Waals surface area contributed by atoms with Gasteiger partial charge in [0.15, 0.2) is 0 Å². The standard InChI is InChI=1S/C29H35NO3/c1-22(2)26-9-12-29-27(19-26)18-24-5-4-6-25(17-24)21-30(13-14-32-15-16-33-29)20-23-7-10-28(31-3)11-8-23/h4-12,17,19,22H,13-16,18,20-21H2,1-3H3. The molecular weight excluding hydrogens is 410 g/mol. The van der Waals surface area contributed by atoms with E-state index in [2.05, 4.69) is 73.3 Å². The van der Waals surface area contributed by atoms with Crippen LogP contribution in [0, 0.1) is 0 Å². The van der Waals surface area contributed by atoms with Gasteiger partial charge in [-0.1, -0.05) is 62.4 Å². The minimum absolute atomic E-state index is 0.490. The van der Waals surface area contributed by atoms with Gasteiger partial charge in [-0.2, -0.15) is 0 Å². The third kappa shape index (κ3) is 6.59. The molecule has 0 radical (unpaired) electrons. The number of ether oxygens (including phenoxy) is 3. The number of fused-ring (bicyclic) bond motifs is 3. The molecule has 4 heteroatoms. The SMILES string of the molecule is COc1ccc(CN2CCOCCOc3ccc(C(C)C)cc3Cc3cccc(c3)C2)cc1. The van der Waals surface area contributed by atoms with Crippen LogP contribution in [-0.2, 0) is 24.2 Å². The Morgan fingerprint density at radius 3 is 2.52 bits per heavy atom. The monoisotopic (exact) mass is 445 g/mol. The summed E-state index contributed by atoms with van der Waals surface area (Å²) in [5, 5.41) is 0. The quantitative estimate of drug-likeness (QED) is 0.506. The summed E-state index contributed by atoms with van der Waals surface area (Å²) in [7, 11) is 1.70. The van der Waals surface area contributed by atoms with Crippen LogP contribution in [0.3, 0.4) is 0 Å². The highest BCUT2D eigenvalue weighted by Crippen LogP contribution is 2.27. The largest absolute Gasteiger partial charge is 0.497 e. The number of nitrogens with zero attached hydrogens (tertiary/aromatic N) is 1. The van der Waals surface area contributed by atoms with Crippen molar-refractivity contribution < 1.29 is 14.2 Å². The van der Waals surface area contributed by atoms with E-state index in [4.69, 9.17) is 14.2 Å². The fourth-order valence-electron chi connectivity index (χ4n) is 4.26. The van der Waals surface area contributed by atoms with Crippen molar-refractivity contribution in [3.63, 3.8) is 0 Å². The van der Waals surface area contributed by atoms with E-state index in [0.29, 0.717) is 25.7 Å². The predicted molar refractivity (Wildman–Crippen MR) is 133 cm³/mol. The van der Waals surface area contributed by atoms with Crippen molar-refractivity contribution in [2.75, 3.05) is 33.5 Å². The molecule has 0 saturated carbocycles. The van der Waals surface area contributed by atoms with E-state index in [9.17, 15) is 0 Å². The molecule has 0 atom stereocenters. The molecule has 0 spiro atoms. The Balaban J connectivity index is 1.57. The molecule has 1 heterocycles. The van der Waals surface area contributed by atoms with Crippen LogP contribution in [0.25, 0.3) is 0 Å². The van der Waals surface area contributed by atoms with E-state index in [1.165, 1.54) is 27.8 Å². The van der Waals surface area contributed by atoms with Crippen LogP contribution < -0.4 is 9.47 Å². The van der Waals surface area contributed by atoms with Crippen LogP contribution in [0.1, 0.15) is 47.6 Å². The Hall–Kier alpha value is -2.82. The highest BCUT2D eigenvalue weighted by Gasteiger charge is 2.12. The minimum atomic E-state index is 0.490. The lowest BCUT2D eigenvalue weighted by atomic mass is 9.96. The molecule has 1 aliphatic rings. The van der Waals surface area contributed by atoms with Crippen molar-refractivity contribution in [1.82, 2.24) is 4.90 Å². The van der Waals surface area contributed by atoms with Crippen LogP contribution in [-0.4, -0.2) is 38.4 Å². The van der Waals surface area contributed by atoms with Crippen LogP contribution >= 0.6 is 0 Å². The molecule has 0 N–H and O–H groups in total. The first kappa shape index (κ1) is 23.3. The summed E-state index contributed by atoms with van der Waals surface area (Å²) in [6.07, 6.45) is 0.864. The number of benzene rings is 3. The van der Waals surface area contributed by atoms with Gasteiger partial charge in [0, 0.05) is 26.1 Å². The van der Waals surface area contributed by atoms with E-state index in [1.807, 2.05) is 12.1 Å². The Labute approximate surface area is 198 Å². The average Bonchev–Trinajstić information content (AvgIpc) is 2.82. The maximum atomic E-state index is 6.13. The second kappa shape index (κ2) is 11.4. The fourth-order valence-corrected chi connectivity index (χ4v) is 4.26. The van der Waals surface area contributed by atoms with E-state index in [-0.39, 0.29) is 0 Å². The third-order valence-electron chi connectivity index (χ3n) is 6.15. The van der Waals surface area contributed by atoms with E-state index < -0.39 is 0 Å². The number of hydrogen-bond donors (Lipinski definition) is 0. The highest BCUT2D eigenvalue weighted by molar-refractivity contribution is 5.42. The topological polar surface area (TPSA) is 30.9 Å². The lowest BCUT2D eigenvalue weighted by molar-refractivity contribution is 0.0757. The molecule has 0 unspecified atom stereocenters. The van der Waals surface area contributed by atoms with Gasteiger partial charge in [0.25, 0.3) is 0 Å².